The van der Waals surface area contributed by atoms with Gasteiger partial charge in [0, 0.05) is 16.7 Å². The summed E-state index contributed by atoms with van der Waals surface area (Å²) in [5.74, 6) is -1.62. The predicted molar refractivity (Wildman–Crippen MR) is 111 cm³/mol. The van der Waals surface area contributed by atoms with E-state index in [4.69, 9.17) is 15.9 Å². The Morgan fingerprint density at radius 1 is 1.08 bits per heavy atom. The van der Waals surface area contributed by atoms with Crippen LogP contribution in [0.15, 0.2) is 0 Å². The van der Waals surface area contributed by atoms with Gasteiger partial charge in [-0.15, -0.1) is 0 Å². The summed E-state index contributed by atoms with van der Waals surface area (Å²) in [5.41, 5.74) is 5.43. The molecule has 0 aromatic heterocycles. The zero-order valence-corrected chi connectivity index (χ0v) is 18.6. The van der Waals surface area contributed by atoms with Gasteiger partial charge in [-0.2, -0.15) is 0 Å². The molecule has 0 saturated heterocycles. The highest BCUT2D eigenvalue weighted by Crippen LogP contribution is 2.36. The quantitative estimate of drug-likeness (QED) is 0.260. The van der Waals surface area contributed by atoms with E-state index < -0.39 is 24.5 Å². The smallest absolute Gasteiger partial charge is 0.256 e. The van der Waals surface area contributed by atoms with E-state index in [9.17, 15) is 19.8 Å². The number of nitrogens with two attached hydrogens (primary N) is 1. The Balaban J connectivity index is 3.47. The van der Waals surface area contributed by atoms with E-state index in [-0.39, 0.29) is 47.3 Å². The first-order valence-corrected chi connectivity index (χ1v) is 9.79. The molecule has 0 aliphatic rings. The van der Waals surface area contributed by atoms with Crippen molar-refractivity contribution in [2.24, 2.45) is 5.73 Å². The molecule has 0 radical (unpaired) electrons. The second kappa shape index (κ2) is 9.65. The van der Waals surface area contributed by atoms with E-state index in [1.54, 1.807) is 67.8 Å². The number of nitrogens with zero attached hydrogens (tertiary/aromatic N) is 1. The van der Waals surface area contributed by atoms with Gasteiger partial charge >= 0.3 is 0 Å². The fraction of sp³-hybridized carbons (Fsp3) is 0.385. The van der Waals surface area contributed by atoms with Gasteiger partial charge in [-0.05, 0) is 67.8 Å². The average Bonchev–Trinajstić information content (AvgIpc) is 2.51. The Bertz CT molecular complexity index is 655. The van der Waals surface area contributed by atoms with Gasteiger partial charge in [-0.1, -0.05) is 0 Å². The molecule has 1 aromatic carbocycles. The molecule has 2 amide bonds. The molecule has 0 saturated carbocycles. The third-order valence-corrected chi connectivity index (χ3v) is 6.23. The minimum Gasteiger partial charge on any atom is -0.506 e. The van der Waals surface area contributed by atoms with Crippen molar-refractivity contribution in [2.75, 3.05) is 26.3 Å². The van der Waals surface area contributed by atoms with E-state index in [1.165, 1.54) is 0 Å². The van der Waals surface area contributed by atoms with Crippen molar-refractivity contribution in [1.29, 1.82) is 0 Å². The van der Waals surface area contributed by atoms with E-state index in [1.807, 2.05) is 0 Å². The Hall–Kier alpha value is 0.0300. The number of phenolic OH excluding ortho intramolecular Hbond substituents is 1. The summed E-state index contributed by atoms with van der Waals surface area (Å²) in [4.78, 5) is 25.6. The lowest BCUT2D eigenvalue weighted by molar-refractivity contribution is 0.0417. The topological polar surface area (TPSA) is 144 Å². The number of halogens is 3. The van der Waals surface area contributed by atoms with Crippen molar-refractivity contribution in [3.8, 4) is 5.75 Å². The maximum Gasteiger partial charge on any atom is 0.256 e. The lowest BCUT2D eigenvalue weighted by Crippen LogP contribution is -2.41. The number of amides is 2. The Labute approximate surface area is 178 Å². The van der Waals surface area contributed by atoms with Crippen LogP contribution >= 0.6 is 67.8 Å². The standard InChI is InChI=1S/C13H15I3N2O6/c14-8-6(12(17)23)9(15)11(22)10(16)7(8)13(24)18(1-2-19)3-5(21)4-20/h5,19-22H,1-4H2,(H2,17,23). The van der Waals surface area contributed by atoms with Gasteiger partial charge in [-0.25, -0.2) is 0 Å². The number of carbonyl (C=O) groups is 2. The number of aromatic hydroxyl groups is 1. The number of hydrogen-bond acceptors (Lipinski definition) is 6. The van der Waals surface area contributed by atoms with Crippen LogP contribution in [-0.4, -0.2) is 69.5 Å². The van der Waals surface area contributed by atoms with Crippen LogP contribution in [0.1, 0.15) is 20.7 Å². The lowest BCUT2D eigenvalue weighted by atomic mass is 10.1. The Morgan fingerprint density at radius 2 is 1.62 bits per heavy atom. The number of hydrogen-bond donors (Lipinski definition) is 5. The van der Waals surface area contributed by atoms with Gasteiger partial charge in [0.25, 0.3) is 11.8 Å². The summed E-state index contributed by atoms with van der Waals surface area (Å²) in [6.45, 7) is -1.19. The molecule has 11 heteroatoms. The van der Waals surface area contributed by atoms with Crippen molar-refractivity contribution in [3.05, 3.63) is 21.8 Å². The highest BCUT2D eigenvalue weighted by molar-refractivity contribution is 14.1. The summed E-state index contributed by atoms with van der Waals surface area (Å²) < 4.78 is 0.755. The summed E-state index contributed by atoms with van der Waals surface area (Å²) in [7, 11) is 0. The van der Waals surface area contributed by atoms with Crippen LogP contribution in [0.2, 0.25) is 0 Å². The van der Waals surface area contributed by atoms with E-state index >= 15 is 0 Å². The van der Waals surface area contributed by atoms with Crippen LogP contribution in [0.4, 0.5) is 0 Å². The van der Waals surface area contributed by atoms with Crippen LogP contribution in [0, 0.1) is 10.7 Å². The second-order valence-corrected chi connectivity index (χ2v) is 7.95. The molecule has 6 N–H and O–H groups in total. The molecule has 0 fully saturated rings. The number of phenols is 1. The number of aliphatic hydroxyl groups excluding tert-OH is 3. The number of primary amides is 1. The fourth-order valence-corrected chi connectivity index (χ4v) is 6.08. The molecule has 0 bridgehead atoms. The number of carbonyl (C=O) groups excluding carboxylic acids is 2. The van der Waals surface area contributed by atoms with Crippen molar-refractivity contribution in [1.82, 2.24) is 4.90 Å². The third kappa shape index (κ3) is 4.80. The maximum atomic E-state index is 12.8. The van der Waals surface area contributed by atoms with Gasteiger partial charge in [0.15, 0.2) is 0 Å². The first-order chi connectivity index (χ1) is 11.2. The van der Waals surface area contributed by atoms with E-state index in [0.29, 0.717) is 0 Å². The molecule has 0 aliphatic heterocycles. The van der Waals surface area contributed by atoms with Crippen molar-refractivity contribution in [2.45, 2.75) is 6.10 Å². The summed E-state index contributed by atoms with van der Waals surface area (Å²) in [6.07, 6.45) is -1.18. The minimum atomic E-state index is -1.18. The summed E-state index contributed by atoms with van der Waals surface area (Å²) >= 11 is 5.36. The molecule has 1 atom stereocenters. The molecule has 0 spiro atoms. The van der Waals surface area contributed by atoms with Crippen LogP contribution in [0.3, 0.4) is 0 Å². The molecule has 0 heterocycles. The maximum absolute atomic E-state index is 12.8. The molecule has 1 rings (SSSR count). The number of rotatable bonds is 7. The fourth-order valence-electron chi connectivity index (χ4n) is 1.92. The molecule has 24 heavy (non-hydrogen) atoms. The van der Waals surface area contributed by atoms with E-state index in [0.717, 1.165) is 4.90 Å². The zero-order chi connectivity index (χ0) is 18.6. The zero-order valence-electron chi connectivity index (χ0n) is 12.2. The monoisotopic (exact) mass is 676 g/mol. The second-order valence-electron chi connectivity index (χ2n) is 4.72. The van der Waals surface area contributed by atoms with Crippen molar-refractivity contribution in [3.63, 3.8) is 0 Å². The number of benzene rings is 1. The van der Waals surface area contributed by atoms with Gasteiger partial charge in [0.2, 0.25) is 0 Å². The number of aliphatic hydroxyl groups is 3. The van der Waals surface area contributed by atoms with Gasteiger partial charge in [0.05, 0.1) is 37.6 Å². The van der Waals surface area contributed by atoms with Gasteiger partial charge in [-0.3, -0.25) is 9.59 Å². The largest absolute Gasteiger partial charge is 0.506 e. The highest BCUT2D eigenvalue weighted by Gasteiger charge is 2.29. The van der Waals surface area contributed by atoms with Crippen LogP contribution < -0.4 is 5.73 Å². The predicted octanol–water partition coefficient (Wildman–Crippen LogP) is 0.0926. The molecular weight excluding hydrogens is 661 g/mol. The minimum absolute atomic E-state index is 0.0316. The van der Waals surface area contributed by atoms with Crippen LogP contribution in [0.5, 0.6) is 5.75 Å². The SMILES string of the molecule is NC(=O)c1c(I)c(O)c(I)c(C(=O)N(CCO)CC(O)CO)c1I. The Morgan fingerprint density at radius 3 is 2.08 bits per heavy atom. The molecule has 8 nitrogen and oxygen atoms in total. The van der Waals surface area contributed by atoms with Crippen LogP contribution in [-0.2, 0) is 0 Å². The van der Waals surface area contributed by atoms with E-state index in [2.05, 4.69) is 0 Å². The summed E-state index contributed by atoms with van der Waals surface area (Å²) in [6, 6.07) is 0. The average molecular weight is 676 g/mol. The molecule has 1 unspecified atom stereocenters. The molecule has 0 aliphatic carbocycles. The normalized spacial score (nSPS) is 12.1. The van der Waals surface area contributed by atoms with Crippen molar-refractivity contribution >= 4 is 79.6 Å². The molecular formula is C13H15I3N2O6. The van der Waals surface area contributed by atoms with Gasteiger partial charge in [0.1, 0.15) is 5.75 Å². The third-order valence-electron chi connectivity index (χ3n) is 3.05. The van der Waals surface area contributed by atoms with Gasteiger partial charge < -0.3 is 31.1 Å². The van der Waals surface area contributed by atoms with Crippen LogP contribution in [0.25, 0.3) is 0 Å². The summed E-state index contributed by atoms with van der Waals surface area (Å²) in [5, 5.41) is 37.9. The molecule has 1 aromatic rings. The highest BCUT2D eigenvalue weighted by atomic mass is 127. The van der Waals surface area contributed by atoms with Crippen molar-refractivity contribution < 1.29 is 30.0 Å². The molecule has 134 valence electrons. The first kappa shape index (κ1) is 22.1. The first-order valence-electron chi connectivity index (χ1n) is 6.55. The lowest BCUT2D eigenvalue weighted by Gasteiger charge is -2.25. The Kier molecular flexibility index (Phi) is 8.88.